The average Bonchev–Trinajstić information content (AvgIpc) is 3.20. The Hall–Kier alpha value is -2.59. The van der Waals surface area contributed by atoms with Crippen LogP contribution in [0.5, 0.6) is 5.75 Å². The van der Waals surface area contributed by atoms with Crippen molar-refractivity contribution in [3.05, 3.63) is 60.0 Å². The first-order valence-electron chi connectivity index (χ1n) is 8.63. The molecule has 1 aromatic heterocycles. The molecule has 0 radical (unpaired) electrons. The second-order valence-corrected chi connectivity index (χ2v) is 6.20. The number of hydrogen-bond acceptors (Lipinski definition) is 4. The molecule has 0 saturated carbocycles. The van der Waals surface area contributed by atoms with E-state index in [4.69, 9.17) is 18.9 Å². The molecule has 1 aliphatic rings. The van der Waals surface area contributed by atoms with Crippen LogP contribution in [0.1, 0.15) is 12.8 Å². The van der Waals surface area contributed by atoms with Gasteiger partial charge in [0.25, 0.3) is 0 Å². The van der Waals surface area contributed by atoms with Crippen molar-refractivity contribution in [1.29, 1.82) is 0 Å². The van der Waals surface area contributed by atoms with Gasteiger partial charge in [-0.2, -0.15) is 0 Å². The second kappa shape index (κ2) is 7.11. The summed E-state index contributed by atoms with van der Waals surface area (Å²) in [4.78, 5) is 4.84. The van der Waals surface area contributed by atoms with Crippen LogP contribution in [0.4, 0.5) is 0 Å². The minimum Gasteiger partial charge on any atom is -0.497 e. The lowest BCUT2D eigenvalue weighted by atomic mass is 10.1. The van der Waals surface area contributed by atoms with Crippen molar-refractivity contribution in [2.24, 2.45) is 4.99 Å². The Balaban J connectivity index is 1.84. The van der Waals surface area contributed by atoms with Crippen molar-refractivity contribution in [3.8, 4) is 17.1 Å². The number of fused-ring (bicyclic) bond motifs is 1. The van der Waals surface area contributed by atoms with E-state index in [9.17, 15) is 0 Å². The molecule has 2 heterocycles. The summed E-state index contributed by atoms with van der Waals surface area (Å²) in [6, 6.07) is 17.9. The van der Waals surface area contributed by atoms with E-state index in [-0.39, 0.29) is 6.10 Å². The molecule has 1 fully saturated rings. The van der Waals surface area contributed by atoms with Crippen LogP contribution in [-0.4, -0.2) is 26.4 Å². The lowest BCUT2D eigenvalue weighted by Gasteiger charge is -2.08. The van der Waals surface area contributed by atoms with Crippen molar-refractivity contribution < 1.29 is 13.9 Å². The zero-order chi connectivity index (χ0) is 17.1. The third-order valence-corrected chi connectivity index (χ3v) is 4.50. The second-order valence-electron chi connectivity index (χ2n) is 6.20. The van der Waals surface area contributed by atoms with Gasteiger partial charge in [-0.3, -0.25) is 4.99 Å². The van der Waals surface area contributed by atoms with Crippen molar-refractivity contribution in [2.45, 2.75) is 18.9 Å². The third-order valence-electron chi connectivity index (χ3n) is 4.50. The highest BCUT2D eigenvalue weighted by Crippen LogP contribution is 2.24. The Labute approximate surface area is 146 Å². The van der Waals surface area contributed by atoms with Gasteiger partial charge in [0.2, 0.25) is 0 Å². The summed E-state index contributed by atoms with van der Waals surface area (Å²) in [6.07, 6.45) is 2.42. The lowest BCUT2D eigenvalue weighted by Crippen LogP contribution is -2.13. The largest absolute Gasteiger partial charge is 0.497 e. The molecule has 25 heavy (non-hydrogen) atoms. The van der Waals surface area contributed by atoms with Crippen LogP contribution in [-0.2, 0) is 4.74 Å². The third kappa shape index (κ3) is 3.44. The molecular weight excluding hydrogens is 314 g/mol. The zero-order valence-corrected chi connectivity index (χ0v) is 14.3. The number of methoxy groups -OCH3 is 1. The number of hydrogen-bond donors (Lipinski definition) is 0. The summed E-state index contributed by atoms with van der Waals surface area (Å²) in [5.41, 5.74) is 1.84. The number of rotatable bonds is 4. The first-order chi connectivity index (χ1) is 12.3. The zero-order valence-electron chi connectivity index (χ0n) is 14.3. The van der Waals surface area contributed by atoms with Gasteiger partial charge in [-0.25, -0.2) is 0 Å². The van der Waals surface area contributed by atoms with Crippen LogP contribution in [0.3, 0.4) is 0 Å². The average molecular weight is 335 g/mol. The van der Waals surface area contributed by atoms with Crippen LogP contribution in [0.25, 0.3) is 22.3 Å². The van der Waals surface area contributed by atoms with Gasteiger partial charge in [-0.1, -0.05) is 30.3 Å². The van der Waals surface area contributed by atoms with Gasteiger partial charge in [0.05, 0.1) is 25.1 Å². The van der Waals surface area contributed by atoms with E-state index in [0.29, 0.717) is 6.54 Å². The number of ether oxygens (including phenoxy) is 2. The summed E-state index contributed by atoms with van der Waals surface area (Å²) >= 11 is 0. The van der Waals surface area contributed by atoms with Gasteiger partial charge in [-0.05, 0) is 31.0 Å². The molecule has 4 nitrogen and oxygen atoms in total. The molecular formula is C21H21NO3. The van der Waals surface area contributed by atoms with E-state index >= 15 is 0 Å². The topological polar surface area (TPSA) is 44.0 Å². The van der Waals surface area contributed by atoms with Gasteiger partial charge in [0.15, 0.2) is 0 Å². The molecule has 1 aliphatic heterocycles. The highest BCUT2D eigenvalue weighted by Gasteiger charge is 2.14. The molecule has 1 atom stereocenters. The van der Waals surface area contributed by atoms with Crippen LogP contribution >= 0.6 is 0 Å². The van der Waals surface area contributed by atoms with Crippen molar-refractivity contribution in [3.63, 3.8) is 0 Å². The maximum absolute atomic E-state index is 6.11. The quantitative estimate of drug-likeness (QED) is 0.718. The predicted molar refractivity (Wildman–Crippen MR) is 97.6 cm³/mol. The van der Waals surface area contributed by atoms with Crippen LogP contribution in [0, 0.1) is 0 Å². The lowest BCUT2D eigenvalue weighted by molar-refractivity contribution is 0.117. The first-order valence-corrected chi connectivity index (χ1v) is 8.63. The first kappa shape index (κ1) is 15.9. The van der Waals surface area contributed by atoms with Gasteiger partial charge in [-0.15, -0.1) is 0 Å². The molecule has 2 aromatic carbocycles. The van der Waals surface area contributed by atoms with E-state index in [0.717, 1.165) is 52.8 Å². The smallest absolute Gasteiger partial charge is 0.137 e. The van der Waals surface area contributed by atoms with Gasteiger partial charge < -0.3 is 13.9 Å². The molecule has 0 amide bonds. The fourth-order valence-electron chi connectivity index (χ4n) is 3.14. The van der Waals surface area contributed by atoms with Crippen LogP contribution < -0.4 is 10.1 Å². The summed E-state index contributed by atoms with van der Waals surface area (Å²) in [5.74, 6) is 1.60. The summed E-state index contributed by atoms with van der Waals surface area (Å²) in [6.45, 7) is 1.51. The van der Waals surface area contributed by atoms with Gasteiger partial charge >= 0.3 is 0 Å². The van der Waals surface area contributed by atoms with Gasteiger partial charge in [0.1, 0.15) is 17.1 Å². The van der Waals surface area contributed by atoms with E-state index in [1.54, 1.807) is 7.11 Å². The van der Waals surface area contributed by atoms with E-state index < -0.39 is 0 Å². The van der Waals surface area contributed by atoms with Gasteiger partial charge in [0, 0.05) is 23.6 Å². The molecule has 0 unspecified atom stereocenters. The molecule has 0 N–H and O–H groups in total. The SMILES string of the molecule is COc1ccc2oc(-c3ccccc3)cc(=NC[C@@H]3CCCO3)c2c1. The Morgan fingerprint density at radius 1 is 1.12 bits per heavy atom. The van der Waals surface area contributed by atoms with E-state index in [2.05, 4.69) is 0 Å². The molecule has 0 spiro atoms. The molecule has 4 heteroatoms. The minimum absolute atomic E-state index is 0.220. The summed E-state index contributed by atoms with van der Waals surface area (Å²) < 4.78 is 17.2. The Kier molecular flexibility index (Phi) is 4.53. The minimum atomic E-state index is 0.220. The predicted octanol–water partition coefficient (Wildman–Crippen LogP) is 4.19. The summed E-state index contributed by atoms with van der Waals surface area (Å²) in [5, 5.41) is 1.87. The fourth-order valence-corrected chi connectivity index (χ4v) is 3.14. The maximum Gasteiger partial charge on any atom is 0.137 e. The Morgan fingerprint density at radius 3 is 2.76 bits per heavy atom. The van der Waals surface area contributed by atoms with Crippen molar-refractivity contribution >= 4 is 11.0 Å². The standard InChI is InChI=1S/C21H21NO3/c1-23-16-9-10-20-18(12-16)19(22-14-17-8-5-11-24-17)13-21(25-20)15-6-3-2-4-7-15/h2-4,6-7,9-10,12-13,17H,5,8,11,14H2,1H3/t17-/m0/s1. The molecule has 128 valence electrons. The summed E-state index contributed by atoms with van der Waals surface area (Å²) in [7, 11) is 1.67. The van der Waals surface area contributed by atoms with Crippen LogP contribution in [0.15, 0.2) is 64.0 Å². The molecule has 3 aromatic rings. The maximum atomic E-state index is 6.11. The molecule has 0 bridgehead atoms. The van der Waals surface area contributed by atoms with Crippen LogP contribution in [0.2, 0.25) is 0 Å². The molecule has 1 saturated heterocycles. The number of benzene rings is 2. The fraction of sp³-hybridized carbons (Fsp3) is 0.286. The van der Waals surface area contributed by atoms with E-state index in [1.165, 1.54) is 0 Å². The molecule has 0 aliphatic carbocycles. The van der Waals surface area contributed by atoms with Crippen molar-refractivity contribution in [1.82, 2.24) is 0 Å². The Morgan fingerprint density at radius 2 is 2.00 bits per heavy atom. The molecule has 4 rings (SSSR count). The van der Waals surface area contributed by atoms with E-state index in [1.807, 2.05) is 54.6 Å². The van der Waals surface area contributed by atoms with Crippen molar-refractivity contribution in [2.75, 3.05) is 20.3 Å². The highest BCUT2D eigenvalue weighted by molar-refractivity contribution is 5.80. The number of nitrogens with zero attached hydrogens (tertiary/aromatic N) is 1. The Bertz CT molecular complexity index is 925. The normalized spacial score (nSPS) is 18.0. The monoisotopic (exact) mass is 335 g/mol. The highest BCUT2D eigenvalue weighted by atomic mass is 16.5.